The van der Waals surface area contributed by atoms with E-state index in [0.29, 0.717) is 0 Å². The van der Waals surface area contributed by atoms with E-state index < -0.39 is 0 Å². The molecule has 1 aromatic carbocycles. The summed E-state index contributed by atoms with van der Waals surface area (Å²) in [6.45, 7) is 4.61. The highest BCUT2D eigenvalue weighted by Crippen LogP contribution is 2.48. The van der Waals surface area contributed by atoms with E-state index >= 15 is 0 Å². The molecule has 0 atom stereocenters. The largest absolute Gasteiger partial charge is 0.508 e. The summed E-state index contributed by atoms with van der Waals surface area (Å²) in [5, 5.41) is 4.57. The van der Waals surface area contributed by atoms with Gasteiger partial charge in [-0.15, -0.1) is 45.3 Å². The van der Waals surface area contributed by atoms with Crippen LogP contribution in [0.15, 0.2) is 47.2 Å². The van der Waals surface area contributed by atoms with Crippen LogP contribution in [-0.2, 0) is 12.8 Å². The molecule has 0 saturated carbocycles. The summed E-state index contributed by atoms with van der Waals surface area (Å²) in [4.78, 5) is 8.02. The molecule has 0 unspecified atom stereocenters. The summed E-state index contributed by atoms with van der Waals surface area (Å²) >= 11 is 10.3. The Kier molecular flexibility index (Phi) is 21.8. The third-order valence-electron chi connectivity index (χ3n) is 13.2. The molecule has 0 radical (unpaired) electrons. The molecule has 1 N–H and O–H groups in total. The van der Waals surface area contributed by atoms with E-state index in [1.54, 1.807) is 0 Å². The van der Waals surface area contributed by atoms with Gasteiger partial charge in [0.2, 0.25) is 0 Å². The first kappa shape index (κ1) is 49.6. The Balaban J connectivity index is 0.901. The van der Waals surface area contributed by atoms with Gasteiger partial charge in [-0.3, -0.25) is 4.37 Å². The van der Waals surface area contributed by atoms with Crippen molar-refractivity contribution in [3.8, 4) is 40.4 Å². The van der Waals surface area contributed by atoms with Gasteiger partial charge in [0.15, 0.2) is 11.0 Å². The third-order valence-corrected chi connectivity index (χ3v) is 18.8. The van der Waals surface area contributed by atoms with E-state index in [4.69, 9.17) is 13.1 Å². The highest BCUT2D eigenvalue weighted by molar-refractivity contribution is 7.24. The van der Waals surface area contributed by atoms with Gasteiger partial charge in [-0.25, -0.2) is 0 Å². The normalized spacial score (nSPS) is 11.9. The predicted molar refractivity (Wildman–Crippen MR) is 291 cm³/mol. The standard InChI is InChI=1S/C54H75N4S6/c1-3-5-7-9-11-13-15-17-19-21-23-25-27-29-31-41-37-39-59-53(41)45-35-33-43(61-45)47-49-51(57-63-55-49)48(52-50(47)56-64-58-52)44-34-36-46(62-44)54-42(38-40-60-54)32-30-28-26-24-22-20-18-16-14-12-10-8-6-4-2/h33-40H,3-32H2,1-2H3,(H,55,57)/q+1. The Labute approximate surface area is 410 Å². The number of rotatable bonds is 34. The molecule has 0 spiro atoms. The smallest absolute Gasteiger partial charge is 0.293 e. The van der Waals surface area contributed by atoms with Gasteiger partial charge in [0.25, 0.3) is 0 Å². The van der Waals surface area contributed by atoms with Crippen molar-refractivity contribution < 1.29 is 0 Å². The number of aromatic nitrogens is 4. The number of thiophene rings is 4. The van der Waals surface area contributed by atoms with Crippen molar-refractivity contribution in [2.24, 2.45) is 0 Å². The number of nitrogens with zero attached hydrogens (tertiary/aromatic N) is 3. The summed E-state index contributed by atoms with van der Waals surface area (Å²) < 4.78 is 18.5. The van der Waals surface area contributed by atoms with E-state index in [-0.39, 0.29) is 0 Å². The molecule has 6 aromatic heterocycles. The van der Waals surface area contributed by atoms with Crippen molar-refractivity contribution >= 4 is 90.9 Å². The maximum Gasteiger partial charge on any atom is 0.508 e. The topological polar surface area (TPSA) is 54.5 Å². The number of H-pyrrole nitrogens is 1. The number of fused-ring (bicyclic) bond motifs is 2. The second kappa shape index (κ2) is 28.1. The van der Waals surface area contributed by atoms with Crippen LogP contribution in [0.1, 0.15) is 205 Å². The average Bonchev–Trinajstić information content (AvgIpc) is 4.17. The molecule has 0 bridgehead atoms. The lowest BCUT2D eigenvalue weighted by Crippen LogP contribution is -1.87. The molecule has 0 aliphatic rings. The van der Waals surface area contributed by atoms with Gasteiger partial charge in [0, 0.05) is 41.0 Å². The molecule has 0 amide bonds. The molecule has 0 aliphatic heterocycles. The van der Waals surface area contributed by atoms with Gasteiger partial charge in [-0.2, -0.15) is 4.37 Å². The molecule has 64 heavy (non-hydrogen) atoms. The number of aryl methyl sites for hydroxylation is 2. The highest BCUT2D eigenvalue weighted by atomic mass is 32.1. The van der Waals surface area contributed by atoms with Crippen molar-refractivity contribution in [1.82, 2.24) is 17.5 Å². The number of benzene rings is 1. The van der Waals surface area contributed by atoms with Gasteiger partial charge in [0.05, 0.1) is 25.4 Å². The first-order valence-corrected chi connectivity index (χ1v) is 30.5. The first-order valence-electron chi connectivity index (χ1n) is 25.6. The molecule has 10 heteroatoms. The second-order valence-electron chi connectivity index (χ2n) is 18.3. The van der Waals surface area contributed by atoms with Crippen LogP contribution in [-0.4, -0.2) is 17.5 Å². The third kappa shape index (κ3) is 14.3. The van der Waals surface area contributed by atoms with Crippen LogP contribution in [0.3, 0.4) is 0 Å². The van der Waals surface area contributed by atoms with E-state index in [2.05, 4.69) is 65.4 Å². The average molecular weight is 973 g/mol. The molecular weight excluding hydrogens is 897 g/mol. The first-order chi connectivity index (χ1) is 31.8. The number of hydrogen-bond donors (Lipinski definition) is 1. The predicted octanol–water partition coefficient (Wildman–Crippen LogP) is 20.9. The Hall–Kier alpha value is -2.34. The molecule has 346 valence electrons. The van der Waals surface area contributed by atoms with Crippen molar-refractivity contribution in [3.05, 3.63) is 58.3 Å². The fraction of sp³-hybridized carbons (Fsp3) is 0.593. The fourth-order valence-electron chi connectivity index (χ4n) is 9.47. The zero-order valence-corrected chi connectivity index (χ0v) is 44.0. The molecule has 0 aliphatic carbocycles. The molecule has 0 fully saturated rings. The lowest BCUT2D eigenvalue weighted by Gasteiger charge is -2.06. The van der Waals surface area contributed by atoms with Crippen LogP contribution in [0.2, 0.25) is 0 Å². The van der Waals surface area contributed by atoms with E-state index in [9.17, 15) is 0 Å². The number of unbranched alkanes of at least 4 members (excludes halogenated alkanes) is 26. The fourth-order valence-corrected chi connectivity index (χ4v) is 15.0. The highest BCUT2D eigenvalue weighted by Gasteiger charge is 2.28. The molecular formula is C54H75N4S6+. The van der Waals surface area contributed by atoms with Gasteiger partial charge in [-0.05, 0) is 84.0 Å². The van der Waals surface area contributed by atoms with E-state index in [1.165, 1.54) is 256 Å². The maximum atomic E-state index is 5.00. The van der Waals surface area contributed by atoms with Crippen LogP contribution < -0.4 is 0 Å². The summed E-state index contributed by atoms with van der Waals surface area (Å²) in [5.74, 6) is 0. The zero-order chi connectivity index (χ0) is 44.0. The van der Waals surface area contributed by atoms with Crippen molar-refractivity contribution in [2.45, 2.75) is 206 Å². The van der Waals surface area contributed by atoms with E-state index in [0.717, 1.165) is 33.2 Å². The molecule has 6 heterocycles. The van der Waals surface area contributed by atoms with Crippen molar-refractivity contribution in [1.29, 1.82) is 0 Å². The minimum absolute atomic E-state index is 0.971. The lowest BCUT2D eigenvalue weighted by molar-refractivity contribution is 0.535. The van der Waals surface area contributed by atoms with Crippen LogP contribution in [0, 0.1) is 0 Å². The SMILES string of the molecule is CCCCCCCCCCCCCCCCc1ccsc1-c1ccc(-c2c3n[s+]nc3c(-c3ccc(-c4sccc4CCCCCCCCCCCCCCCC)s3)c3[nH]snc23)s1. The van der Waals surface area contributed by atoms with E-state index in [1.807, 2.05) is 45.3 Å². The molecule has 4 nitrogen and oxygen atoms in total. The Morgan fingerprint density at radius 2 is 0.797 bits per heavy atom. The van der Waals surface area contributed by atoms with Gasteiger partial charge in [0.1, 0.15) is 5.52 Å². The van der Waals surface area contributed by atoms with Crippen molar-refractivity contribution in [2.75, 3.05) is 0 Å². The number of hydrogen-bond acceptors (Lipinski definition) is 8. The quantitative estimate of drug-likeness (QED) is 0.0323. The summed E-state index contributed by atoms with van der Waals surface area (Å²) in [6.07, 6.45) is 41.6. The molecule has 7 rings (SSSR count). The van der Waals surface area contributed by atoms with Gasteiger partial charge < -0.3 is 0 Å². The Bertz CT molecular complexity index is 2130. The summed E-state index contributed by atoms with van der Waals surface area (Å²) in [5.41, 5.74) is 9.30. The van der Waals surface area contributed by atoms with Crippen LogP contribution in [0.5, 0.6) is 0 Å². The van der Waals surface area contributed by atoms with Crippen molar-refractivity contribution in [3.63, 3.8) is 0 Å². The summed E-state index contributed by atoms with van der Waals surface area (Å²) in [6, 6.07) is 14.0. The minimum atomic E-state index is 0.971. The second-order valence-corrected chi connectivity index (χ2v) is 23.4. The maximum absolute atomic E-state index is 5.00. The molecule has 7 aromatic rings. The number of nitrogens with one attached hydrogen (secondary N) is 1. The van der Waals surface area contributed by atoms with Gasteiger partial charge in [-0.1, -0.05) is 181 Å². The lowest BCUT2D eigenvalue weighted by atomic mass is 10.0. The monoisotopic (exact) mass is 971 g/mol. The summed E-state index contributed by atoms with van der Waals surface area (Å²) in [7, 11) is 0. The van der Waals surface area contributed by atoms with Crippen LogP contribution in [0.25, 0.3) is 62.5 Å². The molecule has 0 saturated heterocycles. The zero-order valence-electron chi connectivity index (χ0n) is 39.1. The van der Waals surface area contributed by atoms with Gasteiger partial charge >= 0.3 is 11.7 Å². The number of aromatic amines is 1. The minimum Gasteiger partial charge on any atom is -0.293 e. The Morgan fingerprint density at radius 1 is 0.422 bits per heavy atom. The van der Waals surface area contributed by atoms with Crippen LogP contribution in [0.4, 0.5) is 0 Å². The van der Waals surface area contributed by atoms with Crippen LogP contribution >= 0.6 is 68.8 Å². The Morgan fingerprint density at radius 3 is 1.23 bits per heavy atom.